The number of allylic oxidation sites excluding steroid dienone is 1. The second-order valence-electron chi connectivity index (χ2n) is 13.5. The smallest absolute Gasteiger partial charge is 0.312 e. The summed E-state index contributed by atoms with van der Waals surface area (Å²) in [5.74, 6) is -4.17. The van der Waals surface area contributed by atoms with E-state index in [0.717, 1.165) is 18.4 Å². The minimum Gasteiger partial charge on any atom is -0.481 e. The topological polar surface area (TPSA) is 164 Å². The van der Waals surface area contributed by atoms with Crippen molar-refractivity contribution in [2.45, 2.75) is 83.2 Å². The van der Waals surface area contributed by atoms with E-state index in [1.165, 1.54) is 0 Å². The second kappa shape index (κ2) is 12.0. The number of benzene rings is 1. The van der Waals surface area contributed by atoms with Crippen molar-refractivity contribution in [3.8, 4) is 0 Å². The minimum absolute atomic E-state index is 0.00195. The van der Waals surface area contributed by atoms with E-state index in [1.54, 1.807) is 43.3 Å². The molecule has 236 valence electrons. The zero-order valence-corrected chi connectivity index (χ0v) is 25.3. The Kier molecular flexibility index (Phi) is 8.68. The predicted molar refractivity (Wildman–Crippen MR) is 157 cm³/mol. The molecule has 0 unspecified atom stereocenters. The van der Waals surface area contributed by atoms with Gasteiger partial charge in [-0.3, -0.25) is 28.8 Å². The van der Waals surface area contributed by atoms with Gasteiger partial charge in [-0.2, -0.15) is 0 Å². The first-order valence-corrected chi connectivity index (χ1v) is 15.5. The average Bonchev–Trinajstić information content (AvgIpc) is 3.26. The molecule has 3 fully saturated rings. The quantitative estimate of drug-likeness (QED) is 0.339. The van der Waals surface area contributed by atoms with Gasteiger partial charge in [-0.25, -0.2) is 0 Å². The molecule has 0 saturated heterocycles. The largest absolute Gasteiger partial charge is 0.481 e. The van der Waals surface area contributed by atoms with Crippen molar-refractivity contribution in [2.24, 2.45) is 28.6 Å². The number of Topliss-reactive ketones (excluding diaryl/α,β-unsaturated/α-hetero) is 2. The first kappa shape index (κ1) is 31.8. The lowest BCUT2D eigenvalue weighted by Gasteiger charge is -2.57. The molecule has 44 heavy (non-hydrogen) atoms. The van der Waals surface area contributed by atoms with Gasteiger partial charge in [0.05, 0.1) is 12.3 Å². The van der Waals surface area contributed by atoms with Crippen molar-refractivity contribution in [1.29, 1.82) is 0 Å². The molecule has 0 radical (unpaired) electrons. The molecule has 0 aromatic heterocycles. The Balaban J connectivity index is 1.15. The zero-order valence-electron chi connectivity index (χ0n) is 25.3. The molecule has 10 heteroatoms. The maximum absolute atomic E-state index is 13.8. The molecule has 0 heterocycles. The van der Waals surface area contributed by atoms with Crippen LogP contribution in [0.3, 0.4) is 0 Å². The van der Waals surface area contributed by atoms with Crippen molar-refractivity contribution < 1.29 is 43.7 Å². The van der Waals surface area contributed by atoms with Crippen LogP contribution in [0.5, 0.6) is 0 Å². The lowest BCUT2D eigenvalue weighted by atomic mass is 9.46. The van der Waals surface area contributed by atoms with E-state index in [2.05, 4.69) is 12.2 Å². The third-order valence-corrected chi connectivity index (χ3v) is 11.2. The van der Waals surface area contributed by atoms with E-state index in [4.69, 9.17) is 4.74 Å². The Morgan fingerprint density at radius 3 is 2.45 bits per heavy atom. The van der Waals surface area contributed by atoms with Crippen LogP contribution in [0.15, 0.2) is 42.0 Å². The molecular weight excluding hydrogens is 566 g/mol. The van der Waals surface area contributed by atoms with Crippen LogP contribution in [0.2, 0.25) is 0 Å². The number of hydrogen-bond donors (Lipinski definition) is 3. The molecule has 3 saturated carbocycles. The summed E-state index contributed by atoms with van der Waals surface area (Å²) < 4.78 is 5.17. The third kappa shape index (κ3) is 5.53. The fourth-order valence-corrected chi connectivity index (χ4v) is 8.74. The standard InChI is InChI=1S/C34H41NO9/c1-32-14-12-22(36)16-21(32)8-9-23-25-13-15-34(43,33(25,2)17-26(37)30(23)32)27(38)19-44-29(40)11-10-28(39)35-18-24(31(41)42)20-6-4-3-5-7-20/h3-7,16,23-25,30,43H,8-15,17-19H2,1-2H3,(H,35,39)(H,41,42)/t23-,24+,25-,30+,32-,33-,34-/m0/s1. The summed E-state index contributed by atoms with van der Waals surface area (Å²) in [6.45, 7) is 3.08. The molecule has 7 atom stereocenters. The average molecular weight is 608 g/mol. The van der Waals surface area contributed by atoms with E-state index in [9.17, 15) is 39.0 Å². The van der Waals surface area contributed by atoms with Crippen molar-refractivity contribution in [3.05, 3.63) is 47.5 Å². The molecular formula is C34H41NO9. The maximum atomic E-state index is 13.8. The van der Waals surface area contributed by atoms with E-state index in [0.29, 0.717) is 24.8 Å². The number of carbonyl (C=O) groups excluding carboxylic acids is 5. The number of carbonyl (C=O) groups is 6. The van der Waals surface area contributed by atoms with Gasteiger partial charge in [0, 0.05) is 37.1 Å². The Labute approximate surface area is 256 Å². The number of ether oxygens (including phenoxy) is 1. The predicted octanol–water partition coefficient (Wildman–Crippen LogP) is 3.31. The van der Waals surface area contributed by atoms with Gasteiger partial charge in [0.1, 0.15) is 11.4 Å². The van der Waals surface area contributed by atoms with Crippen LogP contribution in [0, 0.1) is 28.6 Å². The molecule has 5 rings (SSSR count). The summed E-state index contributed by atoms with van der Waals surface area (Å²) in [5.41, 5.74) is -1.60. The first-order valence-electron chi connectivity index (χ1n) is 15.5. The summed E-state index contributed by atoms with van der Waals surface area (Å²) in [4.78, 5) is 75.6. The number of nitrogens with one attached hydrogen (secondary N) is 1. The van der Waals surface area contributed by atoms with Crippen LogP contribution in [0.1, 0.15) is 83.1 Å². The van der Waals surface area contributed by atoms with Crippen molar-refractivity contribution in [1.82, 2.24) is 5.32 Å². The molecule has 0 spiro atoms. The highest BCUT2D eigenvalue weighted by Crippen LogP contribution is 2.66. The number of amides is 1. The van der Waals surface area contributed by atoms with Gasteiger partial charge < -0.3 is 20.3 Å². The third-order valence-electron chi connectivity index (χ3n) is 11.2. The Hall–Kier alpha value is -3.66. The molecule has 4 aliphatic rings. The summed E-state index contributed by atoms with van der Waals surface area (Å²) in [6.07, 6.45) is 4.47. The van der Waals surface area contributed by atoms with Gasteiger partial charge in [-0.1, -0.05) is 49.8 Å². The Bertz CT molecular complexity index is 1400. The highest BCUT2D eigenvalue weighted by Gasteiger charge is 2.68. The van der Waals surface area contributed by atoms with Crippen molar-refractivity contribution in [3.63, 3.8) is 0 Å². The number of carboxylic acid groups (broad SMARTS) is 1. The van der Waals surface area contributed by atoms with Crippen LogP contribution in [-0.2, 0) is 33.5 Å². The molecule has 10 nitrogen and oxygen atoms in total. The normalized spacial score (nSPS) is 33.2. The van der Waals surface area contributed by atoms with E-state index in [-0.39, 0.29) is 67.0 Å². The number of hydrogen-bond acceptors (Lipinski definition) is 8. The summed E-state index contributed by atoms with van der Waals surface area (Å²) in [5, 5.41) is 23.8. The first-order chi connectivity index (χ1) is 20.8. The molecule has 1 aromatic carbocycles. The minimum atomic E-state index is -1.82. The van der Waals surface area contributed by atoms with Crippen LogP contribution < -0.4 is 5.32 Å². The molecule has 4 aliphatic carbocycles. The molecule has 1 amide bonds. The number of esters is 1. The van der Waals surface area contributed by atoms with Crippen LogP contribution in [0.4, 0.5) is 0 Å². The number of rotatable bonds is 10. The molecule has 0 bridgehead atoms. The summed E-state index contributed by atoms with van der Waals surface area (Å²) in [6, 6.07) is 8.49. The summed E-state index contributed by atoms with van der Waals surface area (Å²) in [7, 11) is 0. The zero-order chi connectivity index (χ0) is 31.9. The van der Waals surface area contributed by atoms with Gasteiger partial charge in [0.25, 0.3) is 0 Å². The van der Waals surface area contributed by atoms with Crippen LogP contribution in [0.25, 0.3) is 0 Å². The lowest BCUT2D eigenvalue weighted by molar-refractivity contribution is -0.173. The van der Waals surface area contributed by atoms with E-state index in [1.807, 2.05) is 0 Å². The van der Waals surface area contributed by atoms with Crippen molar-refractivity contribution >= 4 is 35.2 Å². The molecule has 3 N–H and O–H groups in total. The second-order valence-corrected chi connectivity index (χ2v) is 13.5. The number of aliphatic carboxylic acids is 1. The Morgan fingerprint density at radius 1 is 1.02 bits per heavy atom. The van der Waals surface area contributed by atoms with Crippen LogP contribution >= 0.6 is 0 Å². The highest BCUT2D eigenvalue weighted by molar-refractivity contribution is 5.95. The molecule has 1 aromatic rings. The maximum Gasteiger partial charge on any atom is 0.312 e. The van der Waals surface area contributed by atoms with Gasteiger partial charge in [-0.05, 0) is 61.0 Å². The Morgan fingerprint density at radius 2 is 1.75 bits per heavy atom. The number of carboxylic acids is 1. The monoisotopic (exact) mass is 607 g/mol. The lowest BCUT2D eigenvalue weighted by Crippen LogP contribution is -2.61. The van der Waals surface area contributed by atoms with Crippen LogP contribution in [-0.4, -0.2) is 64.2 Å². The fourth-order valence-electron chi connectivity index (χ4n) is 8.74. The molecule has 0 aliphatic heterocycles. The van der Waals surface area contributed by atoms with Gasteiger partial charge in [0.15, 0.2) is 12.4 Å². The van der Waals surface area contributed by atoms with E-state index < -0.39 is 47.2 Å². The summed E-state index contributed by atoms with van der Waals surface area (Å²) >= 11 is 0. The number of ketones is 3. The SMILES string of the molecule is C[C@]12CCC(=O)C=C1CC[C@@H]1[C@@H]2C(=O)C[C@@]2(C)[C@H]1CC[C@]2(O)C(=O)COC(=O)CCC(=O)NC[C@@H](C(=O)O)c1ccccc1. The fraction of sp³-hybridized carbons (Fsp3) is 0.588. The van der Waals surface area contributed by atoms with E-state index >= 15 is 0 Å². The van der Waals surface area contributed by atoms with Gasteiger partial charge >= 0.3 is 11.9 Å². The number of aliphatic hydroxyl groups is 1. The highest BCUT2D eigenvalue weighted by atomic mass is 16.5. The van der Waals surface area contributed by atoms with Gasteiger partial charge in [0.2, 0.25) is 11.7 Å². The van der Waals surface area contributed by atoms with Crippen molar-refractivity contribution in [2.75, 3.05) is 13.2 Å². The van der Waals surface area contributed by atoms with Gasteiger partial charge in [-0.15, -0.1) is 0 Å². The number of fused-ring (bicyclic) bond motifs is 5.